The molecular formula is C18H15ClF3NO4. The molecule has 0 aliphatic carbocycles. The molecule has 1 heterocycles. The van der Waals surface area contributed by atoms with Gasteiger partial charge in [0.25, 0.3) is 0 Å². The highest BCUT2D eigenvalue weighted by molar-refractivity contribution is 6.31. The summed E-state index contributed by atoms with van der Waals surface area (Å²) >= 11 is 5.99. The van der Waals surface area contributed by atoms with Gasteiger partial charge in [0.2, 0.25) is 0 Å². The maximum absolute atomic E-state index is 14.0. The molecule has 1 aromatic heterocycles. The fourth-order valence-corrected chi connectivity index (χ4v) is 3.45. The van der Waals surface area contributed by atoms with Crippen molar-refractivity contribution in [2.75, 3.05) is 0 Å². The molecule has 0 saturated heterocycles. The number of aromatic nitrogens is 1. The van der Waals surface area contributed by atoms with Gasteiger partial charge >= 0.3 is 11.9 Å². The molecule has 3 aromatic rings. The Morgan fingerprint density at radius 3 is 2.44 bits per heavy atom. The monoisotopic (exact) mass is 401 g/mol. The van der Waals surface area contributed by atoms with Crippen LogP contribution >= 0.6 is 11.6 Å². The number of phenols is 1. The summed E-state index contributed by atoms with van der Waals surface area (Å²) in [5.41, 5.74) is -3.53. The van der Waals surface area contributed by atoms with E-state index in [-0.39, 0.29) is 27.4 Å². The van der Waals surface area contributed by atoms with E-state index in [2.05, 4.69) is 0 Å². The van der Waals surface area contributed by atoms with Crippen LogP contribution in [0.5, 0.6) is 5.75 Å². The average molecular weight is 402 g/mol. The Kier molecular flexibility index (Phi) is 4.52. The van der Waals surface area contributed by atoms with Crippen molar-refractivity contribution in [3.05, 3.63) is 63.1 Å². The largest absolute Gasteiger partial charge is 0.508 e. The van der Waals surface area contributed by atoms with Crippen LogP contribution in [0, 0.1) is 0 Å². The van der Waals surface area contributed by atoms with Crippen molar-refractivity contribution < 1.29 is 27.8 Å². The molecule has 0 unspecified atom stereocenters. The molecule has 9 heteroatoms. The Morgan fingerprint density at radius 2 is 1.85 bits per heavy atom. The number of hydrogen-bond acceptors (Lipinski definition) is 4. The Bertz CT molecular complexity index is 1070. The van der Waals surface area contributed by atoms with Crippen molar-refractivity contribution >= 4 is 22.7 Å². The summed E-state index contributed by atoms with van der Waals surface area (Å²) in [5.74, 6) is -2.44. The molecule has 0 aliphatic rings. The Balaban J connectivity index is 2.24. The van der Waals surface area contributed by atoms with Gasteiger partial charge in [0.05, 0.1) is 5.52 Å². The van der Waals surface area contributed by atoms with E-state index in [1.165, 1.54) is 32.2 Å². The first-order chi connectivity index (χ1) is 12.5. The smallest absolute Gasteiger partial charge is 0.422 e. The summed E-state index contributed by atoms with van der Waals surface area (Å²) in [6.45, 7) is 1.18. The van der Waals surface area contributed by atoms with Gasteiger partial charge in [-0.1, -0.05) is 30.7 Å². The zero-order valence-corrected chi connectivity index (χ0v) is 15.0. The molecule has 0 spiro atoms. The van der Waals surface area contributed by atoms with E-state index < -0.39 is 29.0 Å². The number of alkyl halides is 3. The highest BCUT2D eigenvalue weighted by Crippen LogP contribution is 2.50. The van der Waals surface area contributed by atoms with Gasteiger partial charge in [0.15, 0.2) is 11.2 Å². The van der Waals surface area contributed by atoms with Gasteiger partial charge < -0.3 is 14.6 Å². The molecule has 0 radical (unpaired) electrons. The first-order valence-electron chi connectivity index (χ1n) is 7.84. The van der Waals surface area contributed by atoms with E-state index in [1.54, 1.807) is 0 Å². The molecule has 3 rings (SSSR count). The van der Waals surface area contributed by atoms with Crippen LogP contribution in [-0.2, 0) is 12.6 Å². The van der Waals surface area contributed by atoms with Gasteiger partial charge in [-0.05, 0) is 35.4 Å². The molecule has 0 bridgehead atoms. The third kappa shape index (κ3) is 2.98. The maximum atomic E-state index is 14.0. The van der Waals surface area contributed by atoms with E-state index in [4.69, 9.17) is 16.0 Å². The average Bonchev–Trinajstić information content (AvgIpc) is 2.86. The van der Waals surface area contributed by atoms with Gasteiger partial charge in [-0.25, -0.2) is 4.79 Å². The lowest BCUT2D eigenvalue weighted by Gasteiger charge is -2.37. The number of fused-ring (bicyclic) bond motifs is 1. The molecule has 5 nitrogen and oxygen atoms in total. The van der Waals surface area contributed by atoms with E-state index in [0.717, 1.165) is 22.8 Å². The molecule has 144 valence electrons. The summed E-state index contributed by atoms with van der Waals surface area (Å²) in [6.07, 6.45) is -5.05. The lowest BCUT2D eigenvalue weighted by Crippen LogP contribution is -2.46. The number of aryl methyl sites for hydroxylation is 1. The topological polar surface area (TPSA) is 75.6 Å². The van der Waals surface area contributed by atoms with E-state index in [9.17, 15) is 28.2 Å². The molecule has 0 fully saturated rings. The fourth-order valence-electron chi connectivity index (χ4n) is 3.12. The summed E-state index contributed by atoms with van der Waals surface area (Å²) in [4.78, 5) is 11.6. The second kappa shape index (κ2) is 6.31. The first-order valence-corrected chi connectivity index (χ1v) is 8.22. The highest BCUT2D eigenvalue weighted by Gasteiger charge is 2.59. The second-order valence-corrected chi connectivity index (χ2v) is 6.71. The molecule has 0 amide bonds. The third-order valence-corrected chi connectivity index (χ3v) is 5.07. The fraction of sp³-hybridized carbons (Fsp3) is 0.278. The molecule has 2 N–H and O–H groups in total. The minimum absolute atomic E-state index is 0.00970. The third-order valence-electron chi connectivity index (χ3n) is 4.74. The lowest BCUT2D eigenvalue weighted by atomic mass is 9.77. The van der Waals surface area contributed by atoms with Crippen LogP contribution in [0.3, 0.4) is 0 Å². The lowest BCUT2D eigenvalue weighted by molar-refractivity contribution is -0.274. The van der Waals surface area contributed by atoms with Crippen LogP contribution in [-0.4, -0.2) is 21.0 Å². The van der Waals surface area contributed by atoms with Crippen LogP contribution in [0.4, 0.5) is 13.2 Å². The first kappa shape index (κ1) is 19.3. The van der Waals surface area contributed by atoms with Gasteiger partial charge in [-0.15, -0.1) is 0 Å². The SMILES string of the molecule is C[C@H](c1ccc(O)cc1Cl)[C@@](O)(c1ccc2oc(=O)n(C)c2c1)C(F)(F)F. The minimum Gasteiger partial charge on any atom is -0.508 e. The maximum Gasteiger partial charge on any atom is 0.422 e. The number of phenolic OH excluding ortho intramolecular Hbond substituents is 1. The van der Waals surface area contributed by atoms with E-state index in [0.29, 0.717) is 0 Å². The second-order valence-electron chi connectivity index (χ2n) is 6.30. The molecular weight excluding hydrogens is 387 g/mol. The Labute approximate surface area is 156 Å². The summed E-state index contributed by atoms with van der Waals surface area (Å²) < 4.78 is 48.0. The number of halogens is 4. The van der Waals surface area contributed by atoms with Crippen molar-refractivity contribution in [2.24, 2.45) is 7.05 Å². The minimum atomic E-state index is -5.05. The van der Waals surface area contributed by atoms with Gasteiger partial charge in [0.1, 0.15) is 5.75 Å². The molecule has 27 heavy (non-hydrogen) atoms. The Morgan fingerprint density at radius 1 is 1.19 bits per heavy atom. The van der Waals surface area contributed by atoms with Crippen molar-refractivity contribution in [1.82, 2.24) is 4.57 Å². The summed E-state index contributed by atoms with van der Waals surface area (Å²) in [7, 11) is 1.35. The normalized spacial score (nSPS) is 15.7. The number of nitrogens with zero attached hydrogens (tertiary/aromatic N) is 1. The van der Waals surface area contributed by atoms with Gasteiger partial charge in [-0.2, -0.15) is 13.2 Å². The van der Waals surface area contributed by atoms with E-state index in [1.807, 2.05) is 0 Å². The van der Waals surface area contributed by atoms with Crippen LogP contribution < -0.4 is 5.76 Å². The van der Waals surface area contributed by atoms with Crippen LogP contribution in [0.15, 0.2) is 45.6 Å². The predicted octanol–water partition coefficient (Wildman–Crippen LogP) is 4.04. The zero-order chi connectivity index (χ0) is 20.1. The summed E-state index contributed by atoms with van der Waals surface area (Å²) in [6, 6.07) is 6.85. The predicted molar refractivity (Wildman–Crippen MR) is 92.9 cm³/mol. The number of rotatable bonds is 3. The van der Waals surface area contributed by atoms with Crippen LogP contribution in [0.2, 0.25) is 5.02 Å². The van der Waals surface area contributed by atoms with E-state index >= 15 is 0 Å². The molecule has 0 saturated carbocycles. The molecule has 0 aliphatic heterocycles. The highest BCUT2D eigenvalue weighted by atomic mass is 35.5. The number of hydrogen-bond donors (Lipinski definition) is 2. The number of benzene rings is 2. The number of aromatic hydroxyl groups is 1. The van der Waals surface area contributed by atoms with Crippen molar-refractivity contribution in [3.63, 3.8) is 0 Å². The molecule has 2 aromatic carbocycles. The van der Waals surface area contributed by atoms with Crippen molar-refractivity contribution in [2.45, 2.75) is 24.6 Å². The van der Waals surface area contributed by atoms with Crippen molar-refractivity contribution in [3.8, 4) is 5.75 Å². The number of aliphatic hydroxyl groups is 1. The van der Waals surface area contributed by atoms with Crippen LogP contribution in [0.1, 0.15) is 24.0 Å². The van der Waals surface area contributed by atoms with Gasteiger partial charge in [-0.3, -0.25) is 4.57 Å². The standard InChI is InChI=1S/C18H15ClF3NO4/c1-9(12-5-4-11(24)8-13(12)19)17(26,18(20,21)22)10-3-6-15-14(7-10)23(2)16(25)27-15/h3-9,24,26H,1-2H3/t9-,17-/m1/s1. The quantitative estimate of drug-likeness (QED) is 0.694. The summed E-state index contributed by atoms with van der Waals surface area (Å²) in [5, 5.41) is 20.2. The van der Waals surface area contributed by atoms with Gasteiger partial charge in [0, 0.05) is 18.0 Å². The number of oxazole rings is 1. The Hall–Kier alpha value is -2.45. The van der Waals surface area contributed by atoms with Crippen molar-refractivity contribution in [1.29, 1.82) is 0 Å². The molecule has 2 atom stereocenters. The van der Waals surface area contributed by atoms with Crippen LogP contribution in [0.25, 0.3) is 11.1 Å². The zero-order valence-electron chi connectivity index (χ0n) is 14.2.